The Morgan fingerprint density at radius 2 is 0.781 bits per heavy atom. The summed E-state index contributed by atoms with van der Waals surface area (Å²) in [6, 6.07) is 39.4. The molecule has 0 saturated carbocycles. The van der Waals surface area contributed by atoms with Crippen LogP contribution in [0, 0.1) is 0 Å². The second-order valence-electron chi connectivity index (χ2n) is 15.7. The van der Waals surface area contributed by atoms with E-state index in [-0.39, 0.29) is 21.7 Å². The van der Waals surface area contributed by atoms with Crippen molar-refractivity contribution in [3.63, 3.8) is 0 Å². The molecule has 14 heteroatoms. The smallest absolute Gasteiger partial charge is 0.338 e. The van der Waals surface area contributed by atoms with E-state index in [1.54, 1.807) is 36.4 Å². The van der Waals surface area contributed by atoms with Crippen LogP contribution in [0.4, 0.5) is 11.4 Å². The van der Waals surface area contributed by atoms with E-state index >= 15 is 0 Å². The number of ether oxygens (including phenoxy) is 2. The summed E-state index contributed by atoms with van der Waals surface area (Å²) < 4.78 is 58.6. The first kappa shape index (κ1) is 43.7. The molecule has 12 nitrogen and oxygen atoms in total. The van der Waals surface area contributed by atoms with Crippen molar-refractivity contribution < 1.29 is 35.9 Å². The Hall–Kier alpha value is -6.90. The van der Waals surface area contributed by atoms with E-state index in [1.165, 1.54) is 36.8 Å². The largest absolute Gasteiger partial charge is 0.462 e. The molecule has 2 aliphatic carbocycles. The number of anilines is 2. The molecule has 0 fully saturated rings. The fourth-order valence-corrected chi connectivity index (χ4v) is 9.04. The summed E-state index contributed by atoms with van der Waals surface area (Å²) in [4.78, 5) is 26.6. The lowest BCUT2D eigenvalue weighted by Gasteiger charge is -2.08. The number of benzene rings is 6. The van der Waals surface area contributed by atoms with Crippen LogP contribution in [0.25, 0.3) is 22.3 Å². The number of hydrogen-bond acceptors (Lipinski definition) is 12. The van der Waals surface area contributed by atoms with Crippen LogP contribution in [0.1, 0.15) is 81.5 Å². The molecule has 6 aromatic carbocycles. The molecule has 0 spiro atoms. The third-order valence-corrected chi connectivity index (χ3v) is 13.4. The van der Waals surface area contributed by atoms with Crippen LogP contribution in [0.2, 0.25) is 0 Å². The number of carbonyl (C=O) groups excluding carboxylic acids is 2. The predicted octanol–water partition coefficient (Wildman–Crippen LogP) is 9.54. The van der Waals surface area contributed by atoms with E-state index in [0.717, 1.165) is 94.5 Å². The van der Waals surface area contributed by atoms with E-state index < -0.39 is 19.7 Å². The second kappa shape index (κ2) is 18.8. The number of fused-ring (bicyclic) bond motifs is 6. The van der Waals surface area contributed by atoms with Gasteiger partial charge in [0, 0.05) is 34.8 Å². The van der Waals surface area contributed by atoms with Gasteiger partial charge in [-0.15, -0.1) is 0 Å². The van der Waals surface area contributed by atoms with Crippen molar-refractivity contribution >= 4 is 54.4 Å². The highest BCUT2D eigenvalue weighted by molar-refractivity contribution is 7.91. The Kier molecular flexibility index (Phi) is 12.9. The Morgan fingerprint density at radius 1 is 0.438 bits per heavy atom. The number of rotatable bonds is 17. The van der Waals surface area contributed by atoms with Crippen LogP contribution in [-0.4, -0.2) is 65.9 Å². The van der Waals surface area contributed by atoms with Crippen LogP contribution in [0.3, 0.4) is 0 Å². The zero-order valence-electron chi connectivity index (χ0n) is 35.3. The van der Waals surface area contributed by atoms with Crippen molar-refractivity contribution in [2.45, 2.75) is 48.3 Å². The van der Waals surface area contributed by atoms with Gasteiger partial charge in [0.15, 0.2) is 19.7 Å². The Labute approximate surface area is 372 Å². The van der Waals surface area contributed by atoms with E-state index in [2.05, 4.69) is 21.1 Å². The maximum absolute atomic E-state index is 13.1. The topological polar surface area (TPSA) is 170 Å². The number of hydrogen-bond donors (Lipinski definition) is 2. The van der Waals surface area contributed by atoms with Crippen LogP contribution < -0.4 is 10.9 Å². The molecule has 0 atom stereocenters. The normalized spacial score (nSPS) is 13.8. The first-order valence-electron chi connectivity index (χ1n) is 21.0. The lowest BCUT2D eigenvalue weighted by Crippen LogP contribution is -2.08. The monoisotopic (exact) mass is 894 g/mol. The molecule has 6 aromatic rings. The predicted molar refractivity (Wildman–Crippen MR) is 250 cm³/mol. The van der Waals surface area contributed by atoms with Gasteiger partial charge in [0.05, 0.1) is 56.9 Å². The molecule has 2 N–H and O–H groups in total. The molecule has 0 bridgehead atoms. The molecule has 8 rings (SSSR count). The number of nitrogens with one attached hydrogen (secondary N) is 2. The van der Waals surface area contributed by atoms with Gasteiger partial charge in [-0.05, 0) is 108 Å². The van der Waals surface area contributed by atoms with Crippen molar-refractivity contribution in [3.05, 3.63) is 167 Å². The van der Waals surface area contributed by atoms with Gasteiger partial charge in [-0.25, -0.2) is 26.4 Å². The van der Waals surface area contributed by atoms with E-state index in [1.807, 2.05) is 72.8 Å². The molecule has 326 valence electrons. The Bertz CT molecular complexity index is 2830. The summed E-state index contributed by atoms with van der Waals surface area (Å²) in [5.41, 5.74) is 17.0. The van der Waals surface area contributed by atoms with Crippen molar-refractivity contribution in [1.29, 1.82) is 0 Å². The lowest BCUT2D eigenvalue weighted by atomic mass is 10.0. The van der Waals surface area contributed by atoms with Gasteiger partial charge in [0.2, 0.25) is 0 Å². The molecular weight excluding hydrogens is 849 g/mol. The molecule has 0 aromatic heterocycles. The SMILES string of the molecule is CS(=O)(=O)c1ccc(NN=C2c3ccccc3-c3cc(C(=O)OCCCCCCCCOC(=O)c4ccc5c(c4)-c4ccccc4C5=NNc4ccc(S(C)(=O)=O)cc4)ccc32)cc1. The molecule has 0 saturated heterocycles. The average molecular weight is 895 g/mol. The van der Waals surface area contributed by atoms with E-state index in [4.69, 9.17) is 9.47 Å². The third-order valence-electron chi connectivity index (χ3n) is 11.1. The molecule has 0 heterocycles. The van der Waals surface area contributed by atoms with Crippen LogP contribution in [0.15, 0.2) is 153 Å². The molecule has 0 radical (unpaired) electrons. The zero-order valence-corrected chi connectivity index (χ0v) is 37.0. The highest BCUT2D eigenvalue weighted by Gasteiger charge is 2.28. The Balaban J connectivity index is 0.763. The average Bonchev–Trinajstić information content (AvgIpc) is 3.78. The number of esters is 2. The van der Waals surface area contributed by atoms with Crippen molar-refractivity contribution in [2.24, 2.45) is 10.2 Å². The van der Waals surface area contributed by atoms with Gasteiger partial charge < -0.3 is 9.47 Å². The molecule has 64 heavy (non-hydrogen) atoms. The summed E-state index contributed by atoms with van der Waals surface area (Å²) in [5.74, 6) is -0.767. The summed E-state index contributed by atoms with van der Waals surface area (Å²) in [6.45, 7) is 0.629. The number of unbranched alkanes of at least 4 members (excludes halogenated alkanes) is 5. The molecular formula is C50H46N4O8S2. The molecule has 0 aliphatic heterocycles. The number of sulfone groups is 2. The fourth-order valence-electron chi connectivity index (χ4n) is 7.78. The van der Waals surface area contributed by atoms with Gasteiger partial charge >= 0.3 is 11.9 Å². The van der Waals surface area contributed by atoms with Crippen LogP contribution >= 0.6 is 0 Å². The van der Waals surface area contributed by atoms with Gasteiger partial charge in [0.25, 0.3) is 0 Å². The minimum atomic E-state index is -3.30. The van der Waals surface area contributed by atoms with Gasteiger partial charge in [-0.3, -0.25) is 10.9 Å². The van der Waals surface area contributed by atoms with Crippen LogP contribution in [-0.2, 0) is 29.1 Å². The van der Waals surface area contributed by atoms with Crippen molar-refractivity contribution in [2.75, 3.05) is 36.6 Å². The third kappa shape index (κ3) is 9.83. The summed E-state index contributed by atoms with van der Waals surface area (Å²) >= 11 is 0. The first-order chi connectivity index (χ1) is 30.8. The maximum atomic E-state index is 13.1. The Morgan fingerprint density at radius 3 is 1.16 bits per heavy atom. The quantitative estimate of drug-likeness (QED) is 0.0510. The first-order valence-corrected chi connectivity index (χ1v) is 24.7. The summed E-state index contributed by atoms with van der Waals surface area (Å²) in [6.07, 6.45) is 7.56. The van der Waals surface area contributed by atoms with Crippen molar-refractivity contribution in [3.8, 4) is 22.3 Å². The van der Waals surface area contributed by atoms with E-state index in [0.29, 0.717) is 35.7 Å². The molecule has 0 unspecified atom stereocenters. The standard InChI is InChI=1S/C50H46N4O8S2/c1-63(57,58)37-23-19-35(20-24-37)51-53-47-41-15-9-7-13-39(41)45-31-33(17-27-43(45)47)49(55)61-29-11-5-3-4-6-12-30-62-50(56)34-18-28-44-46(32-34)40-14-8-10-16-42(40)48(44)54-52-36-21-25-38(26-22-36)64(2,59)60/h7-10,13-28,31-32,51-52H,3-6,11-12,29-30H2,1-2H3. The number of carbonyl (C=O) groups is 2. The van der Waals surface area contributed by atoms with E-state index in [9.17, 15) is 26.4 Å². The number of nitrogens with zero attached hydrogens (tertiary/aromatic N) is 2. The molecule has 2 aliphatic rings. The molecule has 0 amide bonds. The second-order valence-corrected chi connectivity index (χ2v) is 19.8. The van der Waals surface area contributed by atoms with Gasteiger partial charge in [0.1, 0.15) is 0 Å². The van der Waals surface area contributed by atoms with Crippen molar-refractivity contribution in [1.82, 2.24) is 0 Å². The number of hydrazone groups is 2. The maximum Gasteiger partial charge on any atom is 0.338 e. The lowest BCUT2D eigenvalue weighted by molar-refractivity contribution is 0.0484. The summed E-state index contributed by atoms with van der Waals surface area (Å²) in [5, 5.41) is 9.33. The van der Waals surface area contributed by atoms with Crippen LogP contribution in [0.5, 0.6) is 0 Å². The minimum Gasteiger partial charge on any atom is -0.462 e. The zero-order chi connectivity index (χ0) is 44.8. The fraction of sp³-hybridized carbons (Fsp3) is 0.200. The van der Waals surface area contributed by atoms with Gasteiger partial charge in [-0.2, -0.15) is 10.2 Å². The van der Waals surface area contributed by atoms with Gasteiger partial charge in [-0.1, -0.05) is 86.3 Å². The highest BCUT2D eigenvalue weighted by Crippen LogP contribution is 2.39. The minimum absolute atomic E-state index is 0.231. The summed E-state index contributed by atoms with van der Waals surface area (Å²) in [7, 11) is -6.61. The highest BCUT2D eigenvalue weighted by atomic mass is 32.2.